The van der Waals surface area contributed by atoms with E-state index in [9.17, 15) is 9.18 Å². The first kappa shape index (κ1) is 12.1. The zero-order valence-corrected chi connectivity index (χ0v) is 10.2. The van der Waals surface area contributed by atoms with Gasteiger partial charge in [0.2, 0.25) is 5.95 Å². The highest BCUT2D eigenvalue weighted by Crippen LogP contribution is 2.12. The fourth-order valence-electron chi connectivity index (χ4n) is 1.25. The topological polar surface area (TPSA) is 33.2 Å². The highest BCUT2D eigenvalue weighted by atomic mass is 79.9. The van der Waals surface area contributed by atoms with Gasteiger partial charge >= 0.3 is 0 Å². The first-order valence-electron chi connectivity index (χ1n) is 4.71. The Kier molecular flexibility index (Phi) is 4.20. The molecule has 1 rings (SSSR count). The molecule has 0 unspecified atom stereocenters. The maximum absolute atomic E-state index is 13.3. The fourth-order valence-corrected chi connectivity index (χ4v) is 1.54. The fraction of sp³-hybridized carbons (Fsp3) is 0.400. The number of carbonyl (C=O) groups is 1. The average Bonchev–Trinajstić information content (AvgIpc) is 2.19. The smallest absolute Gasteiger partial charge is 0.258 e. The van der Waals surface area contributed by atoms with Crippen molar-refractivity contribution in [2.75, 3.05) is 13.1 Å². The zero-order chi connectivity index (χ0) is 11.4. The van der Waals surface area contributed by atoms with Crippen molar-refractivity contribution in [2.45, 2.75) is 13.8 Å². The Morgan fingerprint density at radius 2 is 2.07 bits per heavy atom. The summed E-state index contributed by atoms with van der Waals surface area (Å²) in [6.45, 7) is 4.83. The van der Waals surface area contributed by atoms with E-state index in [1.54, 1.807) is 11.0 Å². The molecule has 0 bridgehead atoms. The minimum absolute atomic E-state index is 0.0156. The lowest BCUT2D eigenvalue weighted by atomic mass is 10.2. The molecule has 1 aromatic heterocycles. The molecule has 1 aromatic rings. The Morgan fingerprint density at radius 1 is 1.47 bits per heavy atom. The summed E-state index contributed by atoms with van der Waals surface area (Å²) >= 11 is 3.04. The molecule has 3 nitrogen and oxygen atoms in total. The van der Waals surface area contributed by atoms with Gasteiger partial charge in [0.25, 0.3) is 5.91 Å². The second kappa shape index (κ2) is 5.21. The summed E-state index contributed by atoms with van der Waals surface area (Å²) in [5, 5.41) is 0. The van der Waals surface area contributed by atoms with E-state index in [0.717, 1.165) is 0 Å². The number of halogens is 2. The number of pyridine rings is 1. The molecule has 1 amide bonds. The Bertz CT molecular complexity index is 366. The first-order valence-corrected chi connectivity index (χ1v) is 5.50. The van der Waals surface area contributed by atoms with Crippen LogP contribution in [0.15, 0.2) is 16.7 Å². The molecule has 0 N–H and O–H groups in total. The molecule has 0 atom stereocenters. The van der Waals surface area contributed by atoms with Gasteiger partial charge < -0.3 is 4.90 Å². The zero-order valence-electron chi connectivity index (χ0n) is 8.63. The SMILES string of the molecule is CCN(CC)C(=O)c1ccc(Br)nc1F. The van der Waals surface area contributed by atoms with Crippen LogP contribution in [-0.2, 0) is 0 Å². The predicted molar refractivity (Wildman–Crippen MR) is 59.1 cm³/mol. The van der Waals surface area contributed by atoms with Crippen molar-refractivity contribution in [3.63, 3.8) is 0 Å². The van der Waals surface area contributed by atoms with Gasteiger partial charge in [-0.1, -0.05) is 0 Å². The Morgan fingerprint density at radius 3 is 2.53 bits per heavy atom. The number of aromatic nitrogens is 1. The van der Waals surface area contributed by atoms with Crippen LogP contribution in [-0.4, -0.2) is 28.9 Å². The van der Waals surface area contributed by atoms with Gasteiger partial charge in [-0.3, -0.25) is 4.79 Å². The van der Waals surface area contributed by atoms with Gasteiger partial charge in [-0.05, 0) is 41.9 Å². The van der Waals surface area contributed by atoms with Crippen LogP contribution in [0.3, 0.4) is 0 Å². The van der Waals surface area contributed by atoms with Crippen LogP contribution >= 0.6 is 15.9 Å². The highest BCUT2D eigenvalue weighted by molar-refractivity contribution is 9.10. The van der Waals surface area contributed by atoms with Crippen LogP contribution in [0.25, 0.3) is 0 Å². The van der Waals surface area contributed by atoms with Crippen molar-refractivity contribution in [1.29, 1.82) is 0 Å². The van der Waals surface area contributed by atoms with E-state index < -0.39 is 5.95 Å². The first-order chi connectivity index (χ1) is 7.10. The van der Waals surface area contributed by atoms with Crippen molar-refractivity contribution in [1.82, 2.24) is 9.88 Å². The van der Waals surface area contributed by atoms with Gasteiger partial charge in [0.1, 0.15) is 4.60 Å². The van der Waals surface area contributed by atoms with E-state index in [4.69, 9.17) is 0 Å². The lowest BCUT2D eigenvalue weighted by Crippen LogP contribution is -2.31. The Hall–Kier alpha value is -0.970. The van der Waals surface area contributed by atoms with E-state index in [1.807, 2.05) is 13.8 Å². The van der Waals surface area contributed by atoms with Gasteiger partial charge in [0.05, 0.1) is 5.56 Å². The van der Waals surface area contributed by atoms with E-state index in [-0.39, 0.29) is 11.5 Å². The van der Waals surface area contributed by atoms with Gasteiger partial charge in [-0.15, -0.1) is 0 Å². The van der Waals surface area contributed by atoms with E-state index in [2.05, 4.69) is 20.9 Å². The summed E-state index contributed by atoms with van der Waals surface area (Å²) in [6, 6.07) is 2.99. The molecule has 82 valence electrons. The third-order valence-electron chi connectivity index (χ3n) is 2.10. The van der Waals surface area contributed by atoms with Crippen LogP contribution in [0, 0.1) is 5.95 Å². The summed E-state index contributed by atoms with van der Waals surface area (Å²) in [4.78, 5) is 16.9. The third-order valence-corrected chi connectivity index (χ3v) is 2.54. The molecule has 0 aromatic carbocycles. The molecule has 0 aliphatic rings. The minimum atomic E-state index is -0.735. The molecule has 5 heteroatoms. The molecule has 0 saturated carbocycles. The number of nitrogens with zero attached hydrogens (tertiary/aromatic N) is 2. The number of hydrogen-bond acceptors (Lipinski definition) is 2. The molecule has 0 saturated heterocycles. The van der Waals surface area contributed by atoms with E-state index in [1.165, 1.54) is 6.07 Å². The lowest BCUT2D eigenvalue weighted by Gasteiger charge is -2.18. The van der Waals surface area contributed by atoms with Crippen LogP contribution in [0.2, 0.25) is 0 Å². The van der Waals surface area contributed by atoms with Gasteiger partial charge in [-0.25, -0.2) is 4.98 Å². The van der Waals surface area contributed by atoms with Crippen molar-refractivity contribution < 1.29 is 9.18 Å². The monoisotopic (exact) mass is 274 g/mol. The van der Waals surface area contributed by atoms with Crippen molar-refractivity contribution in [3.05, 3.63) is 28.2 Å². The van der Waals surface area contributed by atoms with Gasteiger partial charge in [-0.2, -0.15) is 4.39 Å². The average molecular weight is 275 g/mol. The predicted octanol–water partition coefficient (Wildman–Crippen LogP) is 2.47. The lowest BCUT2D eigenvalue weighted by molar-refractivity contribution is 0.0767. The molecule has 0 aliphatic heterocycles. The number of amides is 1. The van der Waals surface area contributed by atoms with Crippen molar-refractivity contribution in [3.8, 4) is 0 Å². The van der Waals surface area contributed by atoms with Gasteiger partial charge in [0, 0.05) is 13.1 Å². The number of rotatable bonds is 3. The summed E-state index contributed by atoms with van der Waals surface area (Å²) in [7, 11) is 0. The summed E-state index contributed by atoms with van der Waals surface area (Å²) in [6.07, 6.45) is 0. The quantitative estimate of drug-likeness (QED) is 0.794. The number of carbonyl (C=O) groups excluding carboxylic acids is 1. The van der Waals surface area contributed by atoms with Crippen LogP contribution in [0.5, 0.6) is 0 Å². The van der Waals surface area contributed by atoms with E-state index >= 15 is 0 Å². The molecule has 1 heterocycles. The molecule has 0 radical (unpaired) electrons. The Balaban J connectivity index is 3.00. The minimum Gasteiger partial charge on any atom is -0.339 e. The van der Waals surface area contributed by atoms with Crippen molar-refractivity contribution in [2.24, 2.45) is 0 Å². The molecular formula is C10H12BrFN2O. The molecule has 0 aliphatic carbocycles. The molecular weight excluding hydrogens is 263 g/mol. The second-order valence-corrected chi connectivity index (χ2v) is 3.76. The summed E-state index contributed by atoms with van der Waals surface area (Å²) in [5.41, 5.74) is 0.0156. The van der Waals surface area contributed by atoms with Crippen LogP contribution in [0.1, 0.15) is 24.2 Å². The highest BCUT2D eigenvalue weighted by Gasteiger charge is 2.17. The number of hydrogen-bond donors (Lipinski definition) is 0. The molecule has 0 spiro atoms. The third kappa shape index (κ3) is 2.75. The van der Waals surface area contributed by atoms with Crippen LogP contribution < -0.4 is 0 Å². The van der Waals surface area contributed by atoms with Gasteiger partial charge in [0.15, 0.2) is 0 Å². The largest absolute Gasteiger partial charge is 0.339 e. The molecule has 0 fully saturated rings. The Labute approximate surface area is 96.4 Å². The standard InChI is InChI=1S/C10H12BrFN2O/c1-3-14(4-2)10(15)7-5-6-8(11)13-9(7)12/h5-6H,3-4H2,1-2H3. The normalized spacial score (nSPS) is 10.1. The maximum Gasteiger partial charge on any atom is 0.258 e. The maximum atomic E-state index is 13.3. The van der Waals surface area contributed by atoms with E-state index in [0.29, 0.717) is 17.7 Å². The summed E-state index contributed by atoms with van der Waals surface area (Å²) < 4.78 is 13.7. The summed E-state index contributed by atoms with van der Waals surface area (Å²) in [5.74, 6) is -1.06. The second-order valence-electron chi connectivity index (χ2n) is 2.95. The van der Waals surface area contributed by atoms with Crippen molar-refractivity contribution >= 4 is 21.8 Å². The molecule has 15 heavy (non-hydrogen) atoms. The van der Waals surface area contributed by atoms with Crippen LogP contribution in [0.4, 0.5) is 4.39 Å².